The number of rotatable bonds is 2. The van der Waals surface area contributed by atoms with Crippen molar-refractivity contribution in [1.29, 1.82) is 0 Å². The van der Waals surface area contributed by atoms with Gasteiger partial charge in [-0.3, -0.25) is 4.98 Å². The summed E-state index contributed by atoms with van der Waals surface area (Å²) in [6.45, 7) is 11.3. The molecule has 2 nitrogen and oxygen atoms in total. The standard InChI is InChI=1S/C21H29NO/c1-14-6-11-18-15(2)20(13-12-19(18)22-14)23-17-9-7-16(8-10-17)21(3,4)5/h6,11-13,16-17H,7-10H2,1-5H3. The van der Waals surface area contributed by atoms with Crippen LogP contribution in [0, 0.1) is 25.2 Å². The van der Waals surface area contributed by atoms with Crippen molar-refractivity contribution >= 4 is 10.9 Å². The average molecular weight is 311 g/mol. The summed E-state index contributed by atoms with van der Waals surface area (Å²) in [6.07, 6.45) is 5.27. The maximum atomic E-state index is 6.36. The minimum atomic E-state index is 0.364. The second-order valence-corrected chi connectivity index (χ2v) is 8.17. The van der Waals surface area contributed by atoms with Gasteiger partial charge in [-0.15, -0.1) is 0 Å². The van der Waals surface area contributed by atoms with E-state index < -0.39 is 0 Å². The maximum Gasteiger partial charge on any atom is 0.123 e. The number of aryl methyl sites for hydroxylation is 2. The van der Waals surface area contributed by atoms with E-state index in [1.54, 1.807) is 0 Å². The summed E-state index contributed by atoms with van der Waals surface area (Å²) >= 11 is 0. The Morgan fingerprint density at radius 2 is 1.65 bits per heavy atom. The summed E-state index contributed by atoms with van der Waals surface area (Å²) in [5.74, 6) is 1.86. The second kappa shape index (κ2) is 6.14. The number of nitrogens with zero attached hydrogens (tertiary/aromatic N) is 1. The van der Waals surface area contributed by atoms with Crippen LogP contribution in [0.4, 0.5) is 0 Å². The molecule has 0 aliphatic heterocycles. The van der Waals surface area contributed by atoms with E-state index in [2.05, 4.69) is 56.9 Å². The largest absolute Gasteiger partial charge is 0.490 e. The van der Waals surface area contributed by atoms with Crippen LogP contribution in [0.2, 0.25) is 0 Å². The van der Waals surface area contributed by atoms with Crippen LogP contribution in [-0.2, 0) is 0 Å². The predicted molar refractivity (Wildman–Crippen MR) is 97.0 cm³/mol. The molecule has 0 atom stereocenters. The zero-order chi connectivity index (χ0) is 16.6. The molecule has 0 unspecified atom stereocenters. The smallest absolute Gasteiger partial charge is 0.123 e. The number of benzene rings is 1. The third-order valence-electron chi connectivity index (χ3n) is 5.42. The molecule has 0 bridgehead atoms. The summed E-state index contributed by atoms with van der Waals surface area (Å²) in [5.41, 5.74) is 3.76. The molecule has 23 heavy (non-hydrogen) atoms. The lowest BCUT2D eigenvalue weighted by molar-refractivity contribution is 0.0878. The first-order valence-corrected chi connectivity index (χ1v) is 8.88. The van der Waals surface area contributed by atoms with Crippen LogP contribution in [0.25, 0.3) is 10.9 Å². The van der Waals surface area contributed by atoms with Gasteiger partial charge in [0.25, 0.3) is 0 Å². The van der Waals surface area contributed by atoms with Crippen molar-refractivity contribution < 1.29 is 4.74 Å². The Bertz CT molecular complexity index is 691. The molecule has 1 fully saturated rings. The molecule has 0 amide bonds. The first-order chi connectivity index (χ1) is 10.8. The van der Waals surface area contributed by atoms with E-state index in [4.69, 9.17) is 4.74 Å². The molecule has 1 aromatic carbocycles. The zero-order valence-corrected chi connectivity index (χ0v) is 15.1. The summed E-state index contributed by atoms with van der Waals surface area (Å²) in [6, 6.07) is 8.43. The topological polar surface area (TPSA) is 22.1 Å². The number of ether oxygens (including phenoxy) is 1. The molecule has 0 N–H and O–H groups in total. The summed E-state index contributed by atoms with van der Waals surface area (Å²) in [4.78, 5) is 4.61. The molecule has 0 spiro atoms. The summed E-state index contributed by atoms with van der Waals surface area (Å²) < 4.78 is 6.36. The lowest BCUT2D eigenvalue weighted by Gasteiger charge is -2.37. The van der Waals surface area contributed by atoms with Gasteiger partial charge in [0.1, 0.15) is 5.75 Å². The highest BCUT2D eigenvalue weighted by Gasteiger charge is 2.30. The number of pyridine rings is 1. The minimum Gasteiger partial charge on any atom is -0.490 e. The van der Waals surface area contributed by atoms with Crippen LogP contribution < -0.4 is 4.74 Å². The van der Waals surface area contributed by atoms with Crippen LogP contribution in [-0.4, -0.2) is 11.1 Å². The fraction of sp³-hybridized carbons (Fsp3) is 0.571. The molecule has 1 saturated carbocycles. The van der Waals surface area contributed by atoms with Crippen molar-refractivity contribution in [2.24, 2.45) is 11.3 Å². The van der Waals surface area contributed by atoms with Crippen LogP contribution >= 0.6 is 0 Å². The van der Waals surface area contributed by atoms with Gasteiger partial charge < -0.3 is 4.74 Å². The summed E-state index contributed by atoms with van der Waals surface area (Å²) in [5, 5.41) is 1.21. The van der Waals surface area contributed by atoms with Gasteiger partial charge in [-0.05, 0) is 69.1 Å². The van der Waals surface area contributed by atoms with Crippen molar-refractivity contribution in [3.63, 3.8) is 0 Å². The van der Waals surface area contributed by atoms with Gasteiger partial charge in [0.15, 0.2) is 0 Å². The number of aromatic nitrogens is 1. The quantitative estimate of drug-likeness (QED) is 0.695. The van der Waals surface area contributed by atoms with Gasteiger partial charge in [0.05, 0.1) is 11.6 Å². The van der Waals surface area contributed by atoms with E-state index >= 15 is 0 Å². The minimum absolute atomic E-state index is 0.364. The van der Waals surface area contributed by atoms with E-state index in [1.165, 1.54) is 36.6 Å². The second-order valence-electron chi connectivity index (χ2n) is 8.17. The fourth-order valence-electron chi connectivity index (χ4n) is 3.79. The van der Waals surface area contributed by atoms with Gasteiger partial charge in [0.2, 0.25) is 0 Å². The van der Waals surface area contributed by atoms with Crippen LogP contribution in [0.3, 0.4) is 0 Å². The lowest BCUT2D eigenvalue weighted by Crippen LogP contribution is -2.30. The molecule has 3 rings (SSSR count). The fourth-order valence-corrected chi connectivity index (χ4v) is 3.79. The van der Waals surface area contributed by atoms with Crippen molar-refractivity contribution in [3.05, 3.63) is 35.5 Å². The monoisotopic (exact) mass is 311 g/mol. The van der Waals surface area contributed by atoms with Crippen molar-refractivity contribution in [2.75, 3.05) is 0 Å². The molecule has 0 saturated heterocycles. The molecular weight excluding hydrogens is 282 g/mol. The average Bonchev–Trinajstić information content (AvgIpc) is 2.50. The van der Waals surface area contributed by atoms with E-state index in [0.29, 0.717) is 11.5 Å². The van der Waals surface area contributed by atoms with Gasteiger partial charge in [-0.2, -0.15) is 0 Å². The van der Waals surface area contributed by atoms with E-state index in [0.717, 1.165) is 22.9 Å². The highest BCUT2D eigenvalue weighted by atomic mass is 16.5. The summed E-state index contributed by atoms with van der Waals surface area (Å²) in [7, 11) is 0. The molecule has 124 valence electrons. The zero-order valence-electron chi connectivity index (χ0n) is 15.1. The molecule has 1 aliphatic rings. The lowest BCUT2D eigenvalue weighted by atomic mass is 9.72. The first kappa shape index (κ1) is 16.3. The number of fused-ring (bicyclic) bond motifs is 1. The van der Waals surface area contributed by atoms with Crippen LogP contribution in [0.15, 0.2) is 24.3 Å². The molecular formula is C21H29NO. The van der Waals surface area contributed by atoms with E-state index in [9.17, 15) is 0 Å². The van der Waals surface area contributed by atoms with Gasteiger partial charge >= 0.3 is 0 Å². The predicted octanol–water partition coefficient (Wildman–Crippen LogP) is 5.84. The Balaban J connectivity index is 1.73. The Kier molecular flexibility index (Phi) is 4.35. The van der Waals surface area contributed by atoms with E-state index in [1.807, 2.05) is 6.92 Å². The Labute approximate surface area is 140 Å². The molecule has 1 heterocycles. The number of hydrogen-bond acceptors (Lipinski definition) is 2. The number of hydrogen-bond donors (Lipinski definition) is 0. The van der Waals surface area contributed by atoms with Crippen molar-refractivity contribution in [1.82, 2.24) is 4.98 Å². The molecule has 1 aliphatic carbocycles. The van der Waals surface area contributed by atoms with E-state index in [-0.39, 0.29) is 0 Å². The highest BCUT2D eigenvalue weighted by molar-refractivity contribution is 5.84. The normalized spacial score (nSPS) is 22.3. The van der Waals surface area contributed by atoms with Crippen LogP contribution in [0.5, 0.6) is 5.75 Å². The molecule has 1 aromatic heterocycles. The maximum absolute atomic E-state index is 6.36. The van der Waals surface area contributed by atoms with Crippen molar-refractivity contribution in [2.45, 2.75) is 66.4 Å². The molecule has 2 aromatic rings. The van der Waals surface area contributed by atoms with Gasteiger partial charge in [-0.25, -0.2) is 0 Å². The Morgan fingerprint density at radius 1 is 0.957 bits per heavy atom. The molecule has 2 heteroatoms. The first-order valence-electron chi connectivity index (χ1n) is 8.88. The Morgan fingerprint density at radius 3 is 2.30 bits per heavy atom. The SMILES string of the molecule is Cc1ccc2c(C)c(OC3CCC(C(C)(C)C)CC3)ccc2n1. The molecule has 0 radical (unpaired) electrons. The van der Waals surface area contributed by atoms with Crippen LogP contribution in [0.1, 0.15) is 57.7 Å². The van der Waals surface area contributed by atoms with Crippen molar-refractivity contribution in [3.8, 4) is 5.75 Å². The third kappa shape index (κ3) is 3.52. The Hall–Kier alpha value is -1.57. The third-order valence-corrected chi connectivity index (χ3v) is 5.42. The van der Waals surface area contributed by atoms with Gasteiger partial charge in [-0.1, -0.05) is 26.8 Å². The van der Waals surface area contributed by atoms with Gasteiger partial charge in [0, 0.05) is 16.6 Å². The highest BCUT2D eigenvalue weighted by Crippen LogP contribution is 2.39.